The maximum atomic E-state index is 3.70. The SMILES string of the molecule is C[SiH2]Cn1cnnn1. The van der Waals surface area contributed by atoms with Crippen LogP contribution in [0.3, 0.4) is 0 Å². The lowest BCUT2D eigenvalue weighted by Crippen LogP contribution is -2.02. The largest absolute Gasteiger partial charge is 0.236 e. The van der Waals surface area contributed by atoms with Crippen molar-refractivity contribution >= 4 is 9.52 Å². The van der Waals surface area contributed by atoms with Crippen LogP contribution in [0.1, 0.15) is 0 Å². The molecular weight excluding hydrogens is 120 g/mol. The van der Waals surface area contributed by atoms with Crippen LogP contribution < -0.4 is 0 Å². The molecule has 0 aliphatic carbocycles. The highest BCUT2D eigenvalue weighted by atomic mass is 28.2. The fourth-order valence-electron chi connectivity index (χ4n) is 0.512. The van der Waals surface area contributed by atoms with Gasteiger partial charge in [-0.15, -0.1) is 5.10 Å². The summed E-state index contributed by atoms with van der Waals surface area (Å²) in [6.07, 6.45) is 2.70. The number of rotatable bonds is 2. The molecule has 0 spiro atoms. The zero-order chi connectivity index (χ0) is 5.82. The van der Waals surface area contributed by atoms with Gasteiger partial charge in [0.15, 0.2) is 0 Å². The molecule has 1 aromatic rings. The number of hydrogen-bond acceptors (Lipinski definition) is 3. The summed E-state index contributed by atoms with van der Waals surface area (Å²) in [5.41, 5.74) is 0. The van der Waals surface area contributed by atoms with Crippen molar-refractivity contribution in [1.29, 1.82) is 0 Å². The van der Waals surface area contributed by atoms with E-state index in [0.29, 0.717) is 0 Å². The summed E-state index contributed by atoms with van der Waals surface area (Å²) >= 11 is 0. The van der Waals surface area contributed by atoms with E-state index in [0.717, 1.165) is 6.17 Å². The van der Waals surface area contributed by atoms with Gasteiger partial charge in [0.25, 0.3) is 0 Å². The van der Waals surface area contributed by atoms with E-state index in [4.69, 9.17) is 0 Å². The minimum Gasteiger partial charge on any atom is -0.236 e. The number of aromatic nitrogens is 4. The Morgan fingerprint density at radius 2 is 2.62 bits per heavy atom. The van der Waals surface area contributed by atoms with E-state index in [9.17, 15) is 0 Å². The lowest BCUT2D eigenvalue weighted by molar-refractivity contribution is 0.688. The molecule has 0 amide bonds. The molecule has 0 saturated carbocycles. The maximum absolute atomic E-state index is 3.70. The lowest BCUT2D eigenvalue weighted by Gasteiger charge is -1.88. The maximum Gasteiger partial charge on any atom is 0.137 e. The van der Waals surface area contributed by atoms with Gasteiger partial charge in [0.05, 0.1) is 0 Å². The third-order valence-corrected chi connectivity index (χ3v) is 1.75. The average Bonchev–Trinajstić information content (AvgIpc) is 2.19. The minimum atomic E-state index is 0.0655. The molecule has 0 aromatic carbocycles. The van der Waals surface area contributed by atoms with E-state index >= 15 is 0 Å². The molecule has 4 nitrogen and oxygen atoms in total. The van der Waals surface area contributed by atoms with E-state index in [2.05, 4.69) is 22.1 Å². The van der Waals surface area contributed by atoms with E-state index in [-0.39, 0.29) is 9.52 Å². The van der Waals surface area contributed by atoms with Gasteiger partial charge in [-0.2, -0.15) is 0 Å². The summed E-state index contributed by atoms with van der Waals surface area (Å²) in [5.74, 6) is 0. The molecule has 0 radical (unpaired) electrons. The van der Waals surface area contributed by atoms with Crippen molar-refractivity contribution in [2.45, 2.75) is 12.7 Å². The van der Waals surface area contributed by atoms with Crippen molar-refractivity contribution in [3.63, 3.8) is 0 Å². The smallest absolute Gasteiger partial charge is 0.137 e. The molecular formula is C3H8N4Si. The van der Waals surface area contributed by atoms with E-state index in [1.54, 1.807) is 11.0 Å². The summed E-state index contributed by atoms with van der Waals surface area (Å²) in [6.45, 7) is 2.22. The first kappa shape index (κ1) is 5.42. The van der Waals surface area contributed by atoms with Gasteiger partial charge in [-0.25, -0.2) is 4.68 Å². The molecule has 0 N–H and O–H groups in total. The van der Waals surface area contributed by atoms with Crippen LogP contribution >= 0.6 is 0 Å². The van der Waals surface area contributed by atoms with Gasteiger partial charge in [-0.1, -0.05) is 6.55 Å². The van der Waals surface area contributed by atoms with Crippen molar-refractivity contribution in [2.24, 2.45) is 0 Å². The topological polar surface area (TPSA) is 43.6 Å². The van der Waals surface area contributed by atoms with Crippen LogP contribution in [0.15, 0.2) is 6.33 Å². The van der Waals surface area contributed by atoms with Crippen LogP contribution in [-0.2, 0) is 6.17 Å². The van der Waals surface area contributed by atoms with Gasteiger partial charge in [0.1, 0.15) is 6.33 Å². The zero-order valence-electron chi connectivity index (χ0n) is 4.78. The lowest BCUT2D eigenvalue weighted by atomic mass is 11.2. The molecule has 0 atom stereocenters. The third kappa shape index (κ3) is 1.13. The Kier molecular flexibility index (Phi) is 1.73. The van der Waals surface area contributed by atoms with Crippen LogP contribution in [-0.4, -0.2) is 29.7 Å². The second-order valence-electron chi connectivity index (χ2n) is 1.57. The van der Waals surface area contributed by atoms with Gasteiger partial charge in [0.2, 0.25) is 0 Å². The highest BCUT2D eigenvalue weighted by Crippen LogP contribution is 1.72. The van der Waals surface area contributed by atoms with Crippen LogP contribution in [0.2, 0.25) is 6.55 Å². The first-order valence-electron chi connectivity index (χ1n) is 2.64. The Morgan fingerprint density at radius 3 is 3.12 bits per heavy atom. The molecule has 5 heteroatoms. The summed E-state index contributed by atoms with van der Waals surface area (Å²) < 4.78 is 1.77. The Hall–Kier alpha value is -0.713. The fraction of sp³-hybridized carbons (Fsp3) is 0.667. The van der Waals surface area contributed by atoms with E-state index in [1.807, 2.05) is 0 Å². The molecule has 0 aliphatic rings. The zero-order valence-corrected chi connectivity index (χ0v) is 6.19. The molecule has 0 bridgehead atoms. The van der Waals surface area contributed by atoms with Gasteiger partial charge >= 0.3 is 0 Å². The first-order valence-corrected chi connectivity index (χ1v) is 5.05. The van der Waals surface area contributed by atoms with Gasteiger partial charge in [-0.3, -0.25) is 0 Å². The third-order valence-electron chi connectivity index (χ3n) is 0.844. The van der Waals surface area contributed by atoms with E-state index < -0.39 is 0 Å². The van der Waals surface area contributed by atoms with E-state index in [1.165, 1.54) is 0 Å². The predicted molar refractivity (Wildman–Crippen MR) is 32.2 cm³/mol. The van der Waals surface area contributed by atoms with Crippen LogP contribution in [0, 0.1) is 0 Å². The van der Waals surface area contributed by atoms with Crippen LogP contribution in [0.25, 0.3) is 0 Å². The summed E-state index contributed by atoms with van der Waals surface area (Å²) in [6, 6.07) is 0. The molecule has 8 heavy (non-hydrogen) atoms. The number of hydrogen-bond donors (Lipinski definition) is 0. The Balaban J connectivity index is 2.50. The highest BCUT2D eigenvalue weighted by Gasteiger charge is 1.85. The second kappa shape index (κ2) is 2.56. The first-order chi connectivity index (χ1) is 3.93. The minimum absolute atomic E-state index is 0.0655. The van der Waals surface area contributed by atoms with Crippen molar-refractivity contribution in [3.8, 4) is 0 Å². The van der Waals surface area contributed by atoms with Crippen LogP contribution in [0.4, 0.5) is 0 Å². The summed E-state index contributed by atoms with van der Waals surface area (Å²) in [5, 5.41) is 10.7. The molecule has 0 fully saturated rings. The Labute approximate surface area is 49.7 Å². The molecule has 0 unspecified atom stereocenters. The fourth-order valence-corrected chi connectivity index (χ4v) is 1.17. The molecule has 1 rings (SSSR count). The Morgan fingerprint density at radius 1 is 1.75 bits per heavy atom. The summed E-state index contributed by atoms with van der Waals surface area (Å²) in [7, 11) is 0.0655. The average molecular weight is 128 g/mol. The Bertz CT molecular complexity index is 137. The molecule has 1 heterocycles. The monoisotopic (exact) mass is 128 g/mol. The highest BCUT2D eigenvalue weighted by molar-refractivity contribution is 6.31. The van der Waals surface area contributed by atoms with Crippen molar-refractivity contribution in [3.05, 3.63) is 6.33 Å². The van der Waals surface area contributed by atoms with Crippen molar-refractivity contribution < 1.29 is 0 Å². The molecule has 0 saturated heterocycles. The number of tetrazole rings is 1. The molecule has 44 valence electrons. The standard InChI is InChI=1S/C3H8N4Si/c1-8-3-7-2-4-5-6-7/h2H,3,8H2,1H3. The quantitative estimate of drug-likeness (QED) is 0.472. The van der Waals surface area contributed by atoms with Crippen LogP contribution in [0.5, 0.6) is 0 Å². The van der Waals surface area contributed by atoms with Gasteiger partial charge < -0.3 is 0 Å². The van der Waals surface area contributed by atoms with Crippen molar-refractivity contribution in [2.75, 3.05) is 0 Å². The molecule has 0 aliphatic heterocycles. The second-order valence-corrected chi connectivity index (χ2v) is 3.02. The normalized spacial score (nSPS) is 11.1. The van der Waals surface area contributed by atoms with Gasteiger partial charge in [-0.05, 0) is 10.4 Å². The predicted octanol–water partition coefficient (Wildman–Crippen LogP) is -1.15. The molecule has 1 aromatic heterocycles. The summed E-state index contributed by atoms with van der Waals surface area (Å²) in [4.78, 5) is 0. The van der Waals surface area contributed by atoms with Gasteiger partial charge in [0, 0.05) is 15.7 Å². The van der Waals surface area contributed by atoms with Crippen molar-refractivity contribution in [1.82, 2.24) is 20.2 Å². The number of nitrogens with zero attached hydrogens (tertiary/aromatic N) is 4.